The summed E-state index contributed by atoms with van der Waals surface area (Å²) in [6, 6.07) is 18.1. The first kappa shape index (κ1) is 26.6. The number of anilines is 1. The summed E-state index contributed by atoms with van der Waals surface area (Å²) in [6.45, 7) is 1.83. The minimum absolute atomic E-state index is 0.0495. The number of halogens is 1. The lowest BCUT2D eigenvalue weighted by Crippen LogP contribution is -2.20. The van der Waals surface area contributed by atoms with Crippen LogP contribution in [0.15, 0.2) is 71.8 Å². The van der Waals surface area contributed by atoms with Crippen LogP contribution in [0.5, 0.6) is 11.5 Å². The van der Waals surface area contributed by atoms with Crippen LogP contribution in [-0.4, -0.2) is 36.2 Å². The fourth-order valence-electron chi connectivity index (χ4n) is 3.40. The molecular formula is C26H21ClN4O6S. The number of nitro benzene ring substituents is 1. The maximum absolute atomic E-state index is 12.5. The Bertz CT molecular complexity index is 1520. The van der Waals surface area contributed by atoms with Crippen LogP contribution in [0.4, 0.5) is 11.4 Å². The van der Waals surface area contributed by atoms with Gasteiger partial charge < -0.3 is 14.8 Å². The van der Waals surface area contributed by atoms with Crippen molar-refractivity contribution in [1.29, 1.82) is 0 Å². The molecule has 0 aliphatic rings. The zero-order valence-electron chi connectivity index (χ0n) is 20.0. The molecule has 0 aliphatic carbocycles. The van der Waals surface area contributed by atoms with E-state index in [0.29, 0.717) is 33.9 Å². The third kappa shape index (κ3) is 6.64. The molecule has 0 unspecified atom stereocenters. The van der Waals surface area contributed by atoms with Crippen molar-refractivity contribution in [2.24, 2.45) is 5.10 Å². The third-order valence-corrected chi connectivity index (χ3v) is 6.45. The highest BCUT2D eigenvalue weighted by Gasteiger charge is 2.15. The smallest absolute Gasteiger partial charge is 0.281 e. The number of hydrogen-bond acceptors (Lipinski definition) is 8. The number of nitro groups is 1. The van der Waals surface area contributed by atoms with Gasteiger partial charge in [-0.05, 0) is 48.9 Å². The quantitative estimate of drug-likeness (QED) is 0.148. The van der Waals surface area contributed by atoms with Crippen LogP contribution < -0.4 is 20.2 Å². The van der Waals surface area contributed by atoms with Gasteiger partial charge in [0.25, 0.3) is 17.5 Å². The van der Waals surface area contributed by atoms with Gasteiger partial charge in [0.05, 0.1) is 27.6 Å². The van der Waals surface area contributed by atoms with Gasteiger partial charge in [-0.25, -0.2) is 5.43 Å². The van der Waals surface area contributed by atoms with E-state index in [4.69, 9.17) is 21.1 Å². The minimum Gasteiger partial charge on any atom is -0.490 e. The second-order valence-electron chi connectivity index (χ2n) is 7.75. The SMILES string of the molecule is CCOc1cc(/C=N\NC(=O)c2cc3cc([N+](=O)[O-])ccc3s2)cc(Cl)c1OCC(=O)Nc1ccccc1. The van der Waals surface area contributed by atoms with Crippen LogP contribution >= 0.6 is 22.9 Å². The first-order chi connectivity index (χ1) is 18.3. The van der Waals surface area contributed by atoms with Gasteiger partial charge in [-0.3, -0.25) is 19.7 Å². The number of hydrazone groups is 1. The van der Waals surface area contributed by atoms with Gasteiger partial charge in [0.2, 0.25) is 0 Å². The number of thiophene rings is 1. The lowest BCUT2D eigenvalue weighted by Gasteiger charge is -2.14. The Kier molecular flexibility index (Phi) is 8.51. The molecule has 0 radical (unpaired) electrons. The lowest BCUT2D eigenvalue weighted by molar-refractivity contribution is -0.384. The van der Waals surface area contributed by atoms with E-state index in [1.165, 1.54) is 29.7 Å². The van der Waals surface area contributed by atoms with E-state index >= 15 is 0 Å². The molecule has 0 bridgehead atoms. The van der Waals surface area contributed by atoms with Crippen molar-refractivity contribution in [3.63, 3.8) is 0 Å². The lowest BCUT2D eigenvalue weighted by atomic mass is 10.2. The van der Waals surface area contributed by atoms with Gasteiger partial charge in [0.15, 0.2) is 18.1 Å². The summed E-state index contributed by atoms with van der Waals surface area (Å²) in [7, 11) is 0. The second kappa shape index (κ2) is 12.2. The van der Waals surface area contributed by atoms with Crippen molar-refractivity contribution in [3.05, 3.63) is 92.3 Å². The highest BCUT2D eigenvalue weighted by molar-refractivity contribution is 7.20. The molecule has 1 aromatic heterocycles. The molecule has 0 aliphatic heterocycles. The van der Waals surface area contributed by atoms with Crippen molar-refractivity contribution in [3.8, 4) is 11.5 Å². The molecule has 12 heteroatoms. The molecule has 0 fully saturated rings. The van der Waals surface area contributed by atoms with Crippen LogP contribution in [-0.2, 0) is 4.79 Å². The van der Waals surface area contributed by atoms with Crippen molar-refractivity contribution in [2.75, 3.05) is 18.5 Å². The summed E-state index contributed by atoms with van der Waals surface area (Å²) < 4.78 is 12.0. The van der Waals surface area contributed by atoms with E-state index in [1.807, 2.05) is 6.07 Å². The van der Waals surface area contributed by atoms with Crippen LogP contribution in [0.25, 0.3) is 10.1 Å². The van der Waals surface area contributed by atoms with Gasteiger partial charge in [-0.15, -0.1) is 11.3 Å². The standard InChI is InChI=1S/C26H21ClN4O6S/c1-2-36-21-11-16(10-20(27)25(21)37-15-24(32)29-18-6-4-3-5-7-18)14-28-30-26(33)23-13-17-12-19(31(34)35)8-9-22(17)38-23/h3-14H,2,15H2,1H3,(H,29,32)(H,30,33)/b28-14-. The molecular weight excluding hydrogens is 532 g/mol. The molecule has 38 heavy (non-hydrogen) atoms. The molecule has 0 saturated heterocycles. The summed E-state index contributed by atoms with van der Waals surface area (Å²) in [6.07, 6.45) is 1.39. The van der Waals surface area contributed by atoms with E-state index in [0.717, 1.165) is 4.70 Å². The molecule has 0 saturated carbocycles. The molecule has 4 aromatic rings. The highest BCUT2D eigenvalue weighted by atomic mass is 35.5. The number of benzene rings is 3. The predicted molar refractivity (Wildman–Crippen MR) is 147 cm³/mol. The molecule has 3 aromatic carbocycles. The zero-order chi connectivity index (χ0) is 27.1. The van der Waals surface area contributed by atoms with E-state index in [2.05, 4.69) is 15.8 Å². The Morgan fingerprint density at radius 3 is 2.63 bits per heavy atom. The van der Waals surface area contributed by atoms with Crippen LogP contribution in [0.2, 0.25) is 5.02 Å². The number of carbonyl (C=O) groups is 2. The van der Waals surface area contributed by atoms with E-state index in [9.17, 15) is 19.7 Å². The Morgan fingerprint density at radius 1 is 1.11 bits per heavy atom. The van der Waals surface area contributed by atoms with Gasteiger partial charge in [-0.2, -0.15) is 5.10 Å². The molecule has 0 spiro atoms. The second-order valence-corrected chi connectivity index (χ2v) is 9.25. The largest absolute Gasteiger partial charge is 0.490 e. The number of nitrogens with one attached hydrogen (secondary N) is 2. The maximum Gasteiger partial charge on any atom is 0.281 e. The average Bonchev–Trinajstić information content (AvgIpc) is 3.33. The molecule has 194 valence electrons. The fourth-order valence-corrected chi connectivity index (χ4v) is 4.61. The molecule has 2 N–H and O–H groups in total. The number of rotatable bonds is 10. The Hall–Kier alpha value is -4.48. The molecule has 1 heterocycles. The van der Waals surface area contributed by atoms with E-state index < -0.39 is 10.8 Å². The predicted octanol–water partition coefficient (Wildman–Crippen LogP) is 5.64. The minimum atomic E-state index is -0.488. The van der Waals surface area contributed by atoms with Crippen molar-refractivity contribution in [2.45, 2.75) is 6.92 Å². The Labute approximate surface area is 226 Å². The number of ether oxygens (including phenoxy) is 2. The summed E-state index contributed by atoms with van der Waals surface area (Å²) in [5, 5.41) is 18.5. The van der Waals surface area contributed by atoms with E-state index in [1.54, 1.807) is 55.5 Å². The zero-order valence-corrected chi connectivity index (χ0v) is 21.5. The van der Waals surface area contributed by atoms with Crippen molar-refractivity contribution in [1.82, 2.24) is 5.43 Å². The molecule has 4 rings (SSSR count). The van der Waals surface area contributed by atoms with Gasteiger partial charge >= 0.3 is 0 Å². The number of carbonyl (C=O) groups excluding carboxylic acids is 2. The van der Waals surface area contributed by atoms with Gasteiger partial charge in [0.1, 0.15) is 0 Å². The average molecular weight is 553 g/mol. The summed E-state index contributed by atoms with van der Waals surface area (Å²) in [5.74, 6) is -0.312. The van der Waals surface area contributed by atoms with Crippen molar-refractivity contribution < 1.29 is 24.0 Å². The number of para-hydroxylation sites is 1. The maximum atomic E-state index is 12.5. The summed E-state index contributed by atoms with van der Waals surface area (Å²) in [4.78, 5) is 35.6. The van der Waals surface area contributed by atoms with E-state index in [-0.39, 0.29) is 29.0 Å². The molecule has 2 amide bonds. The number of nitrogens with zero attached hydrogens (tertiary/aromatic N) is 2. The van der Waals surface area contributed by atoms with Crippen molar-refractivity contribution >= 4 is 62.4 Å². The molecule has 10 nitrogen and oxygen atoms in total. The normalized spacial score (nSPS) is 10.9. The fraction of sp³-hybridized carbons (Fsp3) is 0.115. The Morgan fingerprint density at radius 2 is 1.89 bits per heavy atom. The number of non-ortho nitro benzene ring substituents is 1. The van der Waals surface area contributed by atoms with Crippen LogP contribution in [0, 0.1) is 10.1 Å². The first-order valence-corrected chi connectivity index (χ1v) is 12.5. The van der Waals surface area contributed by atoms with Gasteiger partial charge in [0, 0.05) is 27.9 Å². The summed E-state index contributed by atoms with van der Waals surface area (Å²) in [5.41, 5.74) is 3.55. The third-order valence-electron chi connectivity index (χ3n) is 5.05. The number of hydrogen-bond donors (Lipinski definition) is 2. The molecule has 0 atom stereocenters. The number of fused-ring (bicyclic) bond motifs is 1. The van der Waals surface area contributed by atoms with Gasteiger partial charge in [-0.1, -0.05) is 29.8 Å². The van der Waals surface area contributed by atoms with Crippen LogP contribution in [0.3, 0.4) is 0 Å². The highest BCUT2D eigenvalue weighted by Crippen LogP contribution is 2.36. The first-order valence-electron chi connectivity index (χ1n) is 11.3. The topological polar surface area (TPSA) is 132 Å². The van der Waals surface area contributed by atoms with Crippen LogP contribution in [0.1, 0.15) is 22.2 Å². The number of amides is 2. The monoisotopic (exact) mass is 552 g/mol. The summed E-state index contributed by atoms with van der Waals surface area (Å²) >= 11 is 7.59. The Balaban J connectivity index is 1.42.